The van der Waals surface area contributed by atoms with E-state index in [1.807, 2.05) is 0 Å². The Hall–Kier alpha value is -1.77. The van der Waals surface area contributed by atoms with Gasteiger partial charge in [0.25, 0.3) is 0 Å². The summed E-state index contributed by atoms with van der Waals surface area (Å²) in [6.45, 7) is 2.56. The fourth-order valence-corrected chi connectivity index (χ4v) is 3.31. The van der Waals surface area contributed by atoms with E-state index in [0.29, 0.717) is 32.0 Å². The van der Waals surface area contributed by atoms with Gasteiger partial charge in [-0.3, -0.25) is 4.79 Å². The van der Waals surface area contributed by atoms with E-state index in [0.717, 1.165) is 18.4 Å². The number of halogens is 3. The summed E-state index contributed by atoms with van der Waals surface area (Å²) >= 11 is 0. The first kappa shape index (κ1) is 18.6. The molecule has 1 unspecified atom stereocenters. The third kappa shape index (κ3) is 4.19. The lowest BCUT2D eigenvalue weighted by Crippen LogP contribution is -2.31. The molecule has 2 rings (SSSR count). The molecule has 1 N–H and O–H groups in total. The second-order valence-corrected chi connectivity index (χ2v) is 7.82. The molecule has 134 valence electrons. The van der Waals surface area contributed by atoms with Gasteiger partial charge in [0.15, 0.2) is 9.84 Å². The van der Waals surface area contributed by atoms with Crippen molar-refractivity contribution in [1.29, 1.82) is 0 Å². The first-order valence-corrected chi connectivity index (χ1v) is 9.37. The summed E-state index contributed by atoms with van der Waals surface area (Å²) in [5.74, 6) is -0.0391. The molecular weight excluding hydrogens is 345 g/mol. The number of carbonyl (C=O) groups excluding carboxylic acids is 1. The highest BCUT2D eigenvalue weighted by Gasteiger charge is 2.36. The minimum Gasteiger partial charge on any atom is -0.380 e. The fraction of sp³-hybridized carbons (Fsp3) is 0.533. The van der Waals surface area contributed by atoms with Crippen LogP contribution in [0.15, 0.2) is 23.1 Å². The minimum absolute atomic E-state index is 0.0391. The third-order valence-corrected chi connectivity index (χ3v) is 5.04. The second-order valence-electron chi connectivity index (χ2n) is 5.80. The van der Waals surface area contributed by atoms with Crippen LogP contribution >= 0.6 is 0 Å². The largest absolute Gasteiger partial charge is 0.418 e. The normalized spacial score (nSPS) is 18.7. The Morgan fingerprint density at radius 1 is 1.38 bits per heavy atom. The molecule has 1 heterocycles. The van der Waals surface area contributed by atoms with Gasteiger partial charge in [-0.25, -0.2) is 8.42 Å². The van der Waals surface area contributed by atoms with Gasteiger partial charge in [0.2, 0.25) is 5.91 Å². The lowest BCUT2D eigenvalue weighted by atomic mass is 10.1. The summed E-state index contributed by atoms with van der Waals surface area (Å²) in [4.78, 5) is 12.9. The van der Waals surface area contributed by atoms with Crippen molar-refractivity contribution in [3.05, 3.63) is 23.8 Å². The van der Waals surface area contributed by atoms with Gasteiger partial charge in [0, 0.05) is 37.5 Å². The lowest BCUT2D eigenvalue weighted by Gasteiger charge is -2.20. The van der Waals surface area contributed by atoms with Crippen molar-refractivity contribution in [2.24, 2.45) is 0 Å². The van der Waals surface area contributed by atoms with Crippen LogP contribution < -0.4 is 5.32 Å². The smallest absolute Gasteiger partial charge is 0.380 e. The van der Waals surface area contributed by atoms with Crippen LogP contribution in [0.1, 0.15) is 25.3 Å². The quantitative estimate of drug-likeness (QED) is 0.892. The van der Waals surface area contributed by atoms with Gasteiger partial charge in [0.05, 0.1) is 10.5 Å². The number of sulfone groups is 1. The van der Waals surface area contributed by atoms with Gasteiger partial charge >= 0.3 is 6.18 Å². The molecule has 1 aliphatic rings. The molecule has 1 aromatic rings. The Bertz CT molecular complexity index is 732. The molecule has 0 aliphatic carbocycles. The van der Waals surface area contributed by atoms with Gasteiger partial charge in [-0.15, -0.1) is 0 Å². The monoisotopic (exact) mass is 364 g/mol. The number of alkyl halides is 3. The van der Waals surface area contributed by atoms with E-state index in [9.17, 15) is 26.4 Å². The maximum atomic E-state index is 13.3. The highest BCUT2D eigenvalue weighted by Crippen LogP contribution is 2.37. The van der Waals surface area contributed by atoms with Crippen LogP contribution in [0.25, 0.3) is 0 Å². The third-order valence-electron chi connectivity index (χ3n) is 3.93. The van der Waals surface area contributed by atoms with Crippen LogP contribution in [-0.2, 0) is 20.8 Å². The van der Waals surface area contributed by atoms with E-state index in [2.05, 4.69) is 5.32 Å². The molecule has 5 nitrogen and oxygen atoms in total. The number of likely N-dealkylation sites (tertiary alicyclic amines) is 1. The Kier molecular flexibility index (Phi) is 5.12. The van der Waals surface area contributed by atoms with Gasteiger partial charge in [0.1, 0.15) is 0 Å². The number of benzene rings is 1. The van der Waals surface area contributed by atoms with Crippen LogP contribution in [-0.4, -0.2) is 44.6 Å². The number of amides is 1. The summed E-state index contributed by atoms with van der Waals surface area (Å²) in [5.41, 5.74) is -1.20. The van der Waals surface area contributed by atoms with E-state index in [-0.39, 0.29) is 22.5 Å². The topological polar surface area (TPSA) is 66.5 Å². The van der Waals surface area contributed by atoms with Crippen molar-refractivity contribution in [3.63, 3.8) is 0 Å². The standard InChI is InChI=1S/C15H19F3N2O3S/c1-3-14(21)20-7-6-10(9-20)19-13-5-4-11(24(2,22)23)8-12(13)15(16,17)18/h4-5,8,10,19H,3,6-7,9H2,1-2H3. The molecular formula is C15H19F3N2O3S. The first-order chi connectivity index (χ1) is 11.0. The minimum atomic E-state index is -4.68. The van der Waals surface area contributed by atoms with Crippen molar-refractivity contribution in [2.45, 2.75) is 36.9 Å². The molecule has 1 atom stereocenters. The van der Waals surface area contributed by atoms with E-state index in [4.69, 9.17) is 0 Å². The molecule has 0 bridgehead atoms. The Balaban J connectivity index is 2.26. The Morgan fingerprint density at radius 3 is 2.58 bits per heavy atom. The summed E-state index contributed by atoms with van der Waals surface area (Å²) < 4.78 is 62.7. The van der Waals surface area contributed by atoms with Crippen molar-refractivity contribution >= 4 is 21.4 Å². The SMILES string of the molecule is CCC(=O)N1CCC(Nc2ccc(S(C)(=O)=O)cc2C(F)(F)F)C1. The maximum Gasteiger partial charge on any atom is 0.418 e. The predicted octanol–water partition coefficient (Wildman–Crippen LogP) is 2.53. The highest BCUT2D eigenvalue weighted by atomic mass is 32.2. The van der Waals surface area contributed by atoms with Crippen molar-refractivity contribution < 1.29 is 26.4 Å². The zero-order chi connectivity index (χ0) is 18.1. The molecule has 0 aromatic heterocycles. The molecule has 0 radical (unpaired) electrons. The van der Waals surface area contributed by atoms with E-state index < -0.39 is 21.6 Å². The number of hydrogen-bond acceptors (Lipinski definition) is 4. The van der Waals surface area contributed by atoms with Crippen LogP contribution in [0.2, 0.25) is 0 Å². The fourth-order valence-electron chi connectivity index (χ4n) is 2.66. The predicted molar refractivity (Wildman–Crippen MR) is 83.5 cm³/mol. The van der Waals surface area contributed by atoms with Gasteiger partial charge in [-0.05, 0) is 24.6 Å². The van der Waals surface area contributed by atoms with Gasteiger partial charge < -0.3 is 10.2 Å². The average Bonchev–Trinajstić information content (AvgIpc) is 2.93. The van der Waals surface area contributed by atoms with Crippen LogP contribution in [0, 0.1) is 0 Å². The summed E-state index contributed by atoms with van der Waals surface area (Å²) in [6, 6.07) is 2.62. The zero-order valence-electron chi connectivity index (χ0n) is 13.4. The van der Waals surface area contributed by atoms with Crippen LogP contribution in [0.5, 0.6) is 0 Å². The number of carbonyl (C=O) groups is 1. The number of nitrogens with zero attached hydrogens (tertiary/aromatic N) is 1. The number of rotatable bonds is 4. The molecule has 1 saturated heterocycles. The summed E-state index contributed by atoms with van der Waals surface area (Å²) in [7, 11) is -3.73. The molecule has 0 spiro atoms. The second kappa shape index (κ2) is 6.62. The molecule has 1 aromatic carbocycles. The number of hydrogen-bond donors (Lipinski definition) is 1. The van der Waals surface area contributed by atoms with Crippen LogP contribution in [0.4, 0.5) is 18.9 Å². The summed E-state index contributed by atoms with van der Waals surface area (Å²) in [5, 5.41) is 2.79. The maximum absolute atomic E-state index is 13.3. The average molecular weight is 364 g/mol. The van der Waals surface area contributed by atoms with Crippen molar-refractivity contribution in [2.75, 3.05) is 24.7 Å². The van der Waals surface area contributed by atoms with Gasteiger partial charge in [-0.1, -0.05) is 6.92 Å². The van der Waals surface area contributed by atoms with E-state index in [1.54, 1.807) is 11.8 Å². The molecule has 1 aliphatic heterocycles. The Labute approximate surface area is 138 Å². The highest BCUT2D eigenvalue weighted by molar-refractivity contribution is 7.90. The molecule has 1 fully saturated rings. The van der Waals surface area contributed by atoms with E-state index >= 15 is 0 Å². The van der Waals surface area contributed by atoms with Gasteiger partial charge in [-0.2, -0.15) is 13.2 Å². The zero-order valence-corrected chi connectivity index (χ0v) is 14.2. The van der Waals surface area contributed by atoms with Crippen LogP contribution in [0.3, 0.4) is 0 Å². The first-order valence-electron chi connectivity index (χ1n) is 7.48. The number of anilines is 1. The molecule has 1 amide bonds. The summed E-state index contributed by atoms with van der Waals surface area (Å²) in [6.07, 6.45) is -2.93. The lowest BCUT2D eigenvalue weighted by molar-refractivity contribution is -0.137. The van der Waals surface area contributed by atoms with E-state index in [1.165, 1.54) is 0 Å². The molecule has 0 saturated carbocycles. The Morgan fingerprint density at radius 2 is 2.04 bits per heavy atom. The van der Waals surface area contributed by atoms with Crippen molar-refractivity contribution in [1.82, 2.24) is 4.90 Å². The number of nitrogens with one attached hydrogen (secondary N) is 1. The van der Waals surface area contributed by atoms with Crippen molar-refractivity contribution in [3.8, 4) is 0 Å². The molecule has 24 heavy (non-hydrogen) atoms. The molecule has 9 heteroatoms.